The Morgan fingerprint density at radius 1 is 0.511 bits per heavy atom. The quantitative estimate of drug-likeness (QED) is 0.0484. The predicted molar refractivity (Wildman–Crippen MR) is 165 cm³/mol. The number of unbranched alkanes of at least 4 members (excludes halogenated alkanes) is 9. The van der Waals surface area contributed by atoms with Gasteiger partial charge in [-0.15, -0.1) is 0 Å². The zero-order chi connectivity index (χ0) is 33.3. The molecule has 15 nitrogen and oxygen atoms in total. The number of nitrogens with one attached hydrogen (secondary N) is 3. The lowest BCUT2D eigenvalue weighted by Gasteiger charge is -2.31. The molecule has 0 atom stereocenters. The number of carbonyl (C=O) groups is 3. The van der Waals surface area contributed by atoms with Gasteiger partial charge < -0.3 is 30.2 Å². The topological polar surface area (TPSA) is 203 Å². The fraction of sp³-hybridized carbons (Fsp3) is 0.800. The van der Waals surface area contributed by atoms with Gasteiger partial charge in [0.2, 0.25) is 18.2 Å². The number of carbonyl (C=O) groups excluding carboxylic acids is 6. The van der Waals surface area contributed by atoms with E-state index < -0.39 is 23.7 Å². The van der Waals surface area contributed by atoms with Crippen LogP contribution in [0.15, 0.2) is 15.0 Å². The van der Waals surface area contributed by atoms with Gasteiger partial charge in [-0.2, -0.15) is 0 Å². The van der Waals surface area contributed by atoms with Crippen LogP contribution >= 0.6 is 0 Å². The molecule has 0 aromatic rings. The van der Waals surface area contributed by atoms with Crippen molar-refractivity contribution in [1.29, 1.82) is 0 Å². The third-order valence-corrected chi connectivity index (χ3v) is 6.87. The number of isocyanates is 3. The maximum absolute atomic E-state index is 12.3. The molecule has 0 aliphatic rings. The zero-order valence-electron chi connectivity index (χ0n) is 26.6. The largest absolute Gasteiger partial charge is 0.449 e. The smallest absolute Gasteiger partial charge is 0.407 e. The van der Waals surface area contributed by atoms with Crippen molar-refractivity contribution in [3.8, 4) is 0 Å². The van der Waals surface area contributed by atoms with Gasteiger partial charge in [-0.1, -0.05) is 45.4 Å². The van der Waals surface area contributed by atoms with Crippen LogP contribution in [0.1, 0.15) is 90.4 Å². The zero-order valence-corrected chi connectivity index (χ0v) is 26.6. The van der Waals surface area contributed by atoms with Gasteiger partial charge in [0.15, 0.2) is 0 Å². The van der Waals surface area contributed by atoms with Crippen LogP contribution in [0.2, 0.25) is 0 Å². The van der Waals surface area contributed by atoms with E-state index >= 15 is 0 Å². The normalized spacial score (nSPS) is 11.4. The van der Waals surface area contributed by atoms with E-state index in [-0.39, 0.29) is 19.8 Å². The second kappa shape index (κ2) is 30.0. The van der Waals surface area contributed by atoms with Crippen LogP contribution in [-0.2, 0) is 28.6 Å². The SMILES string of the molecule is CCC(COC(=O)NCCCCCCN=C=O)(COC(=O)NCCCCCCN=C=O)COC(=O)NCCCCCCN=C=O. The molecule has 0 fully saturated rings. The first-order chi connectivity index (χ1) is 21.9. The third-order valence-electron chi connectivity index (χ3n) is 6.87. The fourth-order valence-electron chi connectivity index (χ4n) is 3.96. The van der Waals surface area contributed by atoms with Gasteiger partial charge in [0.05, 0.1) is 25.0 Å². The highest BCUT2D eigenvalue weighted by molar-refractivity contribution is 5.68. The molecular weight excluding hydrogens is 588 g/mol. The lowest BCUT2D eigenvalue weighted by Crippen LogP contribution is -2.42. The fourth-order valence-corrected chi connectivity index (χ4v) is 3.96. The minimum atomic E-state index is -0.969. The Hall–Kier alpha value is -4.05. The van der Waals surface area contributed by atoms with Crippen molar-refractivity contribution in [3.05, 3.63) is 0 Å². The molecule has 45 heavy (non-hydrogen) atoms. The molecule has 0 aliphatic carbocycles. The van der Waals surface area contributed by atoms with E-state index in [4.69, 9.17) is 14.2 Å². The van der Waals surface area contributed by atoms with Gasteiger partial charge in [0.1, 0.15) is 19.8 Å². The van der Waals surface area contributed by atoms with E-state index in [0.717, 1.165) is 77.0 Å². The molecule has 0 spiro atoms. The summed E-state index contributed by atoms with van der Waals surface area (Å²) in [5, 5.41) is 8.06. The molecule has 0 saturated carbocycles. The average Bonchev–Trinajstić information content (AvgIpc) is 3.04. The van der Waals surface area contributed by atoms with Crippen LogP contribution in [0.4, 0.5) is 14.4 Å². The minimum absolute atomic E-state index is 0.147. The lowest BCUT2D eigenvalue weighted by molar-refractivity contribution is -0.0175. The van der Waals surface area contributed by atoms with Gasteiger partial charge in [0, 0.05) is 19.6 Å². The molecule has 15 heteroatoms. The van der Waals surface area contributed by atoms with Crippen LogP contribution in [0.5, 0.6) is 0 Å². The summed E-state index contributed by atoms with van der Waals surface area (Å²) in [6, 6.07) is 0. The molecule has 254 valence electrons. The van der Waals surface area contributed by atoms with Crippen molar-refractivity contribution in [2.75, 3.05) is 59.1 Å². The van der Waals surface area contributed by atoms with E-state index in [2.05, 4.69) is 30.9 Å². The molecule has 3 amide bonds. The second-order valence-corrected chi connectivity index (χ2v) is 10.5. The minimum Gasteiger partial charge on any atom is -0.449 e. The predicted octanol–water partition coefficient (Wildman–Crippen LogP) is 4.25. The van der Waals surface area contributed by atoms with Crippen LogP contribution in [0, 0.1) is 5.41 Å². The van der Waals surface area contributed by atoms with Crippen molar-refractivity contribution >= 4 is 36.5 Å². The standard InChI is InChI=1S/C30H50N6O9/c1-2-30(21-43-27(40)34-18-12-6-3-9-15-31-24-37,22-44-28(41)35-19-13-7-4-10-16-32-25-38)23-45-29(42)36-20-14-8-5-11-17-33-26-39/h2-23H2,1H3,(H,34,40)(H,35,41)(H,36,42). The Morgan fingerprint density at radius 3 is 1.07 bits per heavy atom. The summed E-state index contributed by atoms with van der Waals surface area (Å²) in [6.45, 7) is 3.92. The molecular formula is C30H50N6O9. The number of ether oxygens (including phenoxy) is 3. The summed E-state index contributed by atoms with van der Waals surface area (Å²) in [7, 11) is 0. The van der Waals surface area contributed by atoms with Crippen LogP contribution in [0.25, 0.3) is 0 Å². The number of rotatable bonds is 28. The van der Waals surface area contributed by atoms with Crippen molar-refractivity contribution in [2.45, 2.75) is 90.4 Å². The van der Waals surface area contributed by atoms with Crippen molar-refractivity contribution in [3.63, 3.8) is 0 Å². The first-order valence-electron chi connectivity index (χ1n) is 15.8. The number of nitrogens with zero attached hydrogens (tertiary/aromatic N) is 3. The number of alkyl carbamates (subject to hydrolysis) is 3. The highest BCUT2D eigenvalue weighted by Crippen LogP contribution is 2.24. The Kier molecular flexibility index (Phi) is 27.3. The van der Waals surface area contributed by atoms with E-state index in [1.807, 2.05) is 6.92 Å². The maximum atomic E-state index is 12.3. The Balaban J connectivity index is 4.74. The number of hydrogen-bond acceptors (Lipinski definition) is 12. The van der Waals surface area contributed by atoms with E-state index in [1.165, 1.54) is 18.2 Å². The summed E-state index contributed by atoms with van der Waals surface area (Å²) >= 11 is 0. The van der Waals surface area contributed by atoms with Crippen LogP contribution in [0.3, 0.4) is 0 Å². The molecule has 3 N–H and O–H groups in total. The number of aliphatic imine (C=N–C) groups is 3. The third kappa shape index (κ3) is 26.1. The summed E-state index contributed by atoms with van der Waals surface area (Å²) in [4.78, 5) is 77.8. The first kappa shape index (κ1) is 41.0. The molecule has 0 aromatic heterocycles. The van der Waals surface area contributed by atoms with E-state index in [9.17, 15) is 28.8 Å². The van der Waals surface area contributed by atoms with Gasteiger partial charge in [-0.05, 0) is 44.9 Å². The van der Waals surface area contributed by atoms with E-state index in [1.54, 1.807) is 0 Å². The molecule has 0 aromatic carbocycles. The summed E-state index contributed by atoms with van der Waals surface area (Å²) in [5.74, 6) is 0. The van der Waals surface area contributed by atoms with Gasteiger partial charge in [0.25, 0.3) is 0 Å². The molecule has 0 heterocycles. The van der Waals surface area contributed by atoms with Crippen molar-refractivity contribution < 1.29 is 43.0 Å². The highest BCUT2D eigenvalue weighted by Gasteiger charge is 2.34. The average molecular weight is 639 g/mol. The Bertz CT molecular complexity index is 845. The van der Waals surface area contributed by atoms with Gasteiger partial charge in [-0.3, -0.25) is 0 Å². The monoisotopic (exact) mass is 638 g/mol. The molecule has 0 bridgehead atoms. The number of hydrogen-bond donors (Lipinski definition) is 3. The maximum Gasteiger partial charge on any atom is 0.407 e. The summed E-state index contributed by atoms with van der Waals surface area (Å²) < 4.78 is 16.3. The summed E-state index contributed by atoms with van der Waals surface area (Å²) in [5.41, 5.74) is -0.969. The highest BCUT2D eigenvalue weighted by atomic mass is 16.6. The van der Waals surface area contributed by atoms with Gasteiger partial charge >= 0.3 is 18.3 Å². The first-order valence-corrected chi connectivity index (χ1v) is 15.8. The van der Waals surface area contributed by atoms with Crippen molar-refractivity contribution in [2.24, 2.45) is 20.4 Å². The van der Waals surface area contributed by atoms with Crippen LogP contribution < -0.4 is 16.0 Å². The van der Waals surface area contributed by atoms with Crippen LogP contribution in [-0.4, -0.2) is 95.6 Å². The molecule has 0 rings (SSSR count). The van der Waals surface area contributed by atoms with E-state index in [0.29, 0.717) is 45.7 Å². The lowest BCUT2D eigenvalue weighted by atomic mass is 9.88. The second-order valence-electron chi connectivity index (χ2n) is 10.5. The van der Waals surface area contributed by atoms with Crippen molar-refractivity contribution in [1.82, 2.24) is 16.0 Å². The molecule has 0 saturated heterocycles. The number of amides is 3. The Labute approximate surface area is 265 Å². The summed E-state index contributed by atoms with van der Waals surface area (Å²) in [6.07, 6.45) is 12.6. The molecule has 0 radical (unpaired) electrons. The van der Waals surface area contributed by atoms with Gasteiger partial charge in [-0.25, -0.2) is 43.7 Å². The Morgan fingerprint density at radius 2 is 0.800 bits per heavy atom. The molecule has 0 unspecified atom stereocenters. The molecule has 0 aliphatic heterocycles.